The summed E-state index contributed by atoms with van der Waals surface area (Å²) in [4.78, 5) is 17.1. The molecule has 1 aliphatic heterocycles. The Kier molecular flexibility index (Phi) is 2.36. The average molecular weight is 264 g/mol. The third-order valence-electron chi connectivity index (χ3n) is 3.61. The molecule has 0 atom stereocenters. The predicted molar refractivity (Wildman–Crippen MR) is 77.2 cm³/mol. The molecule has 0 unspecified atom stereocenters. The molecule has 0 N–H and O–H groups in total. The number of allylic oxidation sites excluding steroid dienone is 1. The fourth-order valence-electron chi connectivity index (χ4n) is 2.65. The Morgan fingerprint density at radius 1 is 1.20 bits per heavy atom. The van der Waals surface area contributed by atoms with E-state index in [2.05, 4.69) is 4.98 Å². The molecular formula is C16H12N2O2. The van der Waals surface area contributed by atoms with Gasteiger partial charge >= 0.3 is 0 Å². The standard InChI is InChI=1S/C16H12N2O2/c19-16-13-5-1-2-6-14(13)17-15-11(7-8-18(15)16)10-12-4-3-9-20-12/h1-6,9-10H,7-8H2/b11-10-. The van der Waals surface area contributed by atoms with Gasteiger partial charge in [0.1, 0.15) is 11.6 Å². The third kappa shape index (κ3) is 1.61. The molecule has 0 saturated carbocycles. The van der Waals surface area contributed by atoms with Crippen molar-refractivity contribution in [2.24, 2.45) is 0 Å². The van der Waals surface area contributed by atoms with Crippen molar-refractivity contribution < 1.29 is 4.42 Å². The molecule has 2 aromatic heterocycles. The molecule has 20 heavy (non-hydrogen) atoms. The number of hydrogen-bond donors (Lipinski definition) is 0. The van der Waals surface area contributed by atoms with E-state index in [4.69, 9.17) is 4.42 Å². The van der Waals surface area contributed by atoms with Crippen molar-refractivity contribution in [2.75, 3.05) is 0 Å². The Labute approximate surface area is 115 Å². The monoisotopic (exact) mass is 264 g/mol. The molecule has 0 radical (unpaired) electrons. The summed E-state index contributed by atoms with van der Waals surface area (Å²) in [6, 6.07) is 11.2. The van der Waals surface area contributed by atoms with Gasteiger partial charge in [0.2, 0.25) is 0 Å². The highest BCUT2D eigenvalue weighted by Gasteiger charge is 2.20. The minimum absolute atomic E-state index is 0.0356. The van der Waals surface area contributed by atoms with Crippen LogP contribution in [0.15, 0.2) is 51.9 Å². The summed E-state index contributed by atoms with van der Waals surface area (Å²) in [6.45, 7) is 0.679. The van der Waals surface area contributed by atoms with Gasteiger partial charge in [-0.1, -0.05) is 12.1 Å². The quantitative estimate of drug-likeness (QED) is 0.679. The lowest BCUT2D eigenvalue weighted by Crippen LogP contribution is -2.20. The largest absolute Gasteiger partial charge is 0.465 e. The van der Waals surface area contributed by atoms with Gasteiger partial charge in [-0.05, 0) is 36.8 Å². The summed E-state index contributed by atoms with van der Waals surface area (Å²) in [7, 11) is 0. The highest BCUT2D eigenvalue weighted by Crippen LogP contribution is 2.27. The van der Waals surface area contributed by atoms with Crippen LogP contribution in [0.5, 0.6) is 0 Å². The summed E-state index contributed by atoms with van der Waals surface area (Å²) in [5.41, 5.74) is 1.83. The minimum Gasteiger partial charge on any atom is -0.465 e. The molecule has 0 bridgehead atoms. The number of aromatic nitrogens is 2. The molecule has 3 heterocycles. The highest BCUT2D eigenvalue weighted by molar-refractivity contribution is 5.83. The van der Waals surface area contributed by atoms with Crippen molar-refractivity contribution >= 4 is 22.6 Å². The Bertz CT molecular complexity index is 873. The van der Waals surface area contributed by atoms with Crippen LogP contribution in [-0.2, 0) is 6.54 Å². The van der Waals surface area contributed by atoms with Crippen LogP contribution in [0.4, 0.5) is 0 Å². The Balaban J connectivity index is 1.96. The first-order valence-electron chi connectivity index (χ1n) is 6.57. The summed E-state index contributed by atoms with van der Waals surface area (Å²) >= 11 is 0. The van der Waals surface area contributed by atoms with Gasteiger partial charge in [-0.2, -0.15) is 0 Å². The lowest BCUT2D eigenvalue weighted by atomic mass is 10.2. The number of benzene rings is 1. The number of fused-ring (bicyclic) bond motifs is 2. The molecule has 0 spiro atoms. The first kappa shape index (κ1) is 11.2. The van der Waals surface area contributed by atoms with E-state index in [1.807, 2.05) is 42.5 Å². The van der Waals surface area contributed by atoms with Crippen LogP contribution in [0.2, 0.25) is 0 Å². The van der Waals surface area contributed by atoms with Gasteiger partial charge < -0.3 is 4.42 Å². The molecule has 0 aliphatic carbocycles. The van der Waals surface area contributed by atoms with Gasteiger partial charge in [0.15, 0.2) is 0 Å². The van der Waals surface area contributed by atoms with Gasteiger partial charge in [-0.15, -0.1) is 0 Å². The van der Waals surface area contributed by atoms with E-state index < -0.39 is 0 Å². The van der Waals surface area contributed by atoms with Crippen LogP contribution in [0.25, 0.3) is 22.6 Å². The molecular weight excluding hydrogens is 252 g/mol. The maximum absolute atomic E-state index is 12.4. The van der Waals surface area contributed by atoms with Crippen molar-refractivity contribution in [1.82, 2.24) is 9.55 Å². The van der Waals surface area contributed by atoms with Gasteiger partial charge in [-0.3, -0.25) is 9.36 Å². The number of hydrogen-bond acceptors (Lipinski definition) is 3. The Hall–Kier alpha value is -2.62. The molecule has 4 nitrogen and oxygen atoms in total. The summed E-state index contributed by atoms with van der Waals surface area (Å²) in [5.74, 6) is 1.54. The van der Waals surface area contributed by atoms with Crippen molar-refractivity contribution in [2.45, 2.75) is 13.0 Å². The highest BCUT2D eigenvalue weighted by atomic mass is 16.3. The first-order chi connectivity index (χ1) is 9.83. The van der Waals surface area contributed by atoms with E-state index in [1.165, 1.54) is 0 Å². The van der Waals surface area contributed by atoms with Crippen LogP contribution >= 0.6 is 0 Å². The molecule has 4 heteroatoms. The lowest BCUT2D eigenvalue weighted by Gasteiger charge is -2.04. The summed E-state index contributed by atoms with van der Waals surface area (Å²) in [6.07, 6.45) is 4.40. The molecule has 0 amide bonds. The molecule has 0 saturated heterocycles. The van der Waals surface area contributed by atoms with Gasteiger partial charge in [0.25, 0.3) is 5.56 Å². The normalized spacial score (nSPS) is 15.9. The van der Waals surface area contributed by atoms with E-state index in [1.54, 1.807) is 10.8 Å². The van der Waals surface area contributed by atoms with Gasteiger partial charge in [0, 0.05) is 12.1 Å². The zero-order valence-corrected chi connectivity index (χ0v) is 10.7. The van der Waals surface area contributed by atoms with E-state index in [9.17, 15) is 4.79 Å². The zero-order chi connectivity index (χ0) is 13.5. The summed E-state index contributed by atoms with van der Waals surface area (Å²) in [5, 5.41) is 0.676. The second kappa shape index (κ2) is 4.20. The first-order valence-corrected chi connectivity index (χ1v) is 6.57. The number of rotatable bonds is 1. The van der Waals surface area contributed by atoms with E-state index in [0.717, 1.165) is 29.1 Å². The minimum atomic E-state index is 0.0356. The molecule has 1 aliphatic rings. The van der Waals surface area contributed by atoms with E-state index >= 15 is 0 Å². The SMILES string of the molecule is O=c1c2ccccc2nc2n1CC/C2=C/c1ccco1. The number of furan rings is 1. The molecule has 0 fully saturated rings. The molecule has 4 rings (SSSR count). The predicted octanol–water partition coefficient (Wildman–Crippen LogP) is 2.93. The summed E-state index contributed by atoms with van der Waals surface area (Å²) < 4.78 is 7.08. The van der Waals surface area contributed by atoms with Crippen LogP contribution < -0.4 is 5.56 Å². The van der Waals surface area contributed by atoms with E-state index in [-0.39, 0.29) is 5.56 Å². The lowest BCUT2D eigenvalue weighted by molar-refractivity contribution is 0.557. The van der Waals surface area contributed by atoms with Crippen LogP contribution in [0.3, 0.4) is 0 Å². The number of para-hydroxylation sites is 1. The Morgan fingerprint density at radius 2 is 2.10 bits per heavy atom. The van der Waals surface area contributed by atoms with Crippen LogP contribution in [0, 0.1) is 0 Å². The third-order valence-corrected chi connectivity index (χ3v) is 3.61. The second-order valence-corrected chi connectivity index (χ2v) is 4.84. The van der Waals surface area contributed by atoms with Crippen molar-refractivity contribution in [3.05, 3.63) is 64.6 Å². The van der Waals surface area contributed by atoms with Crippen molar-refractivity contribution in [3.8, 4) is 0 Å². The van der Waals surface area contributed by atoms with Crippen LogP contribution in [-0.4, -0.2) is 9.55 Å². The van der Waals surface area contributed by atoms with Gasteiger partial charge in [0.05, 0.1) is 17.2 Å². The number of nitrogens with zero attached hydrogens (tertiary/aromatic N) is 2. The molecule has 3 aromatic rings. The zero-order valence-electron chi connectivity index (χ0n) is 10.7. The van der Waals surface area contributed by atoms with E-state index in [0.29, 0.717) is 11.9 Å². The van der Waals surface area contributed by atoms with Crippen LogP contribution in [0.1, 0.15) is 18.0 Å². The molecule has 98 valence electrons. The maximum atomic E-state index is 12.4. The van der Waals surface area contributed by atoms with Crippen molar-refractivity contribution in [1.29, 1.82) is 0 Å². The van der Waals surface area contributed by atoms with Crippen molar-refractivity contribution in [3.63, 3.8) is 0 Å². The fraction of sp³-hybridized carbons (Fsp3) is 0.125. The Morgan fingerprint density at radius 3 is 2.95 bits per heavy atom. The average Bonchev–Trinajstić information content (AvgIpc) is 3.11. The molecule has 1 aromatic carbocycles. The topological polar surface area (TPSA) is 48.0 Å². The second-order valence-electron chi connectivity index (χ2n) is 4.84. The maximum Gasteiger partial charge on any atom is 0.261 e. The smallest absolute Gasteiger partial charge is 0.261 e. The fourth-order valence-corrected chi connectivity index (χ4v) is 2.65. The van der Waals surface area contributed by atoms with Gasteiger partial charge in [-0.25, -0.2) is 4.98 Å².